The molecule has 4 N–H and O–H groups in total. The van der Waals surface area contributed by atoms with Gasteiger partial charge < -0.3 is 20.3 Å². The molecule has 1 amide bonds. The molecule has 1 aliphatic rings. The molecule has 2 aromatic rings. The molecule has 10 heteroatoms. The Morgan fingerprint density at radius 2 is 2.15 bits per heavy atom. The maximum absolute atomic E-state index is 11.9. The average molecular weight is 393 g/mol. The number of nitrogens with zero attached hydrogens (tertiary/aromatic N) is 1. The van der Waals surface area contributed by atoms with E-state index >= 15 is 0 Å². The highest BCUT2D eigenvalue weighted by atomic mass is 32.1. The molecule has 0 unspecified atom stereocenters. The first-order valence-electron chi connectivity index (χ1n) is 8.27. The molecule has 0 bridgehead atoms. The third-order valence-corrected chi connectivity index (χ3v) is 5.02. The number of rotatable bonds is 6. The molecule has 0 saturated carbocycles. The highest BCUT2D eigenvalue weighted by molar-refractivity contribution is 7.09. The lowest BCUT2D eigenvalue weighted by molar-refractivity contribution is -0.116. The molecule has 144 valence electrons. The number of hydrogen-bond donors (Lipinski definition) is 4. The van der Waals surface area contributed by atoms with E-state index in [9.17, 15) is 24.6 Å². The minimum absolute atomic E-state index is 0.360. The molecule has 27 heavy (non-hydrogen) atoms. The van der Waals surface area contributed by atoms with Crippen LogP contribution in [0, 0.1) is 0 Å². The van der Waals surface area contributed by atoms with Crippen LogP contribution in [0.15, 0.2) is 51.5 Å². The van der Waals surface area contributed by atoms with Crippen molar-refractivity contribution < 1.29 is 19.7 Å². The monoisotopic (exact) mass is 393 g/mol. The summed E-state index contributed by atoms with van der Waals surface area (Å²) in [6.07, 6.45) is -0.458. The van der Waals surface area contributed by atoms with E-state index in [4.69, 9.17) is 4.74 Å². The van der Waals surface area contributed by atoms with Gasteiger partial charge in [0, 0.05) is 29.8 Å². The zero-order valence-electron chi connectivity index (χ0n) is 14.1. The summed E-state index contributed by atoms with van der Waals surface area (Å²) in [6, 6.07) is 5.03. The van der Waals surface area contributed by atoms with Crippen molar-refractivity contribution in [2.24, 2.45) is 0 Å². The van der Waals surface area contributed by atoms with E-state index < -0.39 is 35.8 Å². The van der Waals surface area contributed by atoms with Crippen molar-refractivity contribution in [1.29, 1.82) is 0 Å². The fraction of sp³-hybridized carbons (Fsp3) is 0.353. The number of aromatic nitrogens is 2. The number of aliphatic hydroxyl groups excluding tert-OH is 2. The molecule has 4 atom stereocenters. The Labute approximate surface area is 157 Å². The van der Waals surface area contributed by atoms with E-state index in [1.165, 1.54) is 18.3 Å². The molecule has 1 saturated heterocycles. The fourth-order valence-corrected chi connectivity index (χ4v) is 3.42. The number of carbonyl (C=O) groups is 1. The second-order valence-corrected chi connectivity index (χ2v) is 7.00. The standard InChI is InChI=1S/C17H19N3O6S/c21-12(18-7-5-10-2-1-9-27-10)4-3-11-14(23)15(24)16(26-11)20-8-6-13(22)19-17(20)25/h1-4,6,8-9,11,14-16,23-24H,5,7H2,(H,18,21)(H,19,22,25)/b4-3+/t11-,14-,15-,16-/m1/s1. The van der Waals surface area contributed by atoms with Crippen molar-refractivity contribution >= 4 is 17.2 Å². The van der Waals surface area contributed by atoms with Gasteiger partial charge >= 0.3 is 5.69 Å². The number of H-pyrrole nitrogens is 1. The van der Waals surface area contributed by atoms with Crippen LogP contribution < -0.4 is 16.6 Å². The molecule has 0 aromatic carbocycles. The van der Waals surface area contributed by atoms with E-state index in [1.54, 1.807) is 11.3 Å². The summed E-state index contributed by atoms with van der Waals surface area (Å²) in [6.45, 7) is 0.468. The number of aliphatic hydroxyl groups is 2. The van der Waals surface area contributed by atoms with Gasteiger partial charge in [-0.3, -0.25) is 19.1 Å². The molecular formula is C17H19N3O6S. The van der Waals surface area contributed by atoms with E-state index in [0.717, 1.165) is 21.9 Å². The molecule has 0 spiro atoms. The van der Waals surface area contributed by atoms with Crippen LogP contribution in [0.3, 0.4) is 0 Å². The van der Waals surface area contributed by atoms with Crippen LogP contribution >= 0.6 is 11.3 Å². The minimum Gasteiger partial charge on any atom is -0.387 e. The topological polar surface area (TPSA) is 134 Å². The number of amides is 1. The maximum Gasteiger partial charge on any atom is 0.330 e. The third-order valence-electron chi connectivity index (χ3n) is 4.09. The Balaban J connectivity index is 1.58. The quantitative estimate of drug-likeness (QED) is 0.472. The number of ether oxygens (including phenoxy) is 1. The largest absolute Gasteiger partial charge is 0.387 e. The van der Waals surface area contributed by atoms with E-state index in [1.807, 2.05) is 22.5 Å². The minimum atomic E-state index is -1.40. The number of hydrogen-bond acceptors (Lipinski definition) is 7. The lowest BCUT2D eigenvalue weighted by Crippen LogP contribution is -2.37. The highest BCUT2D eigenvalue weighted by Gasteiger charge is 2.42. The third kappa shape index (κ3) is 4.61. The van der Waals surface area contributed by atoms with Gasteiger partial charge in [0.1, 0.15) is 18.3 Å². The summed E-state index contributed by atoms with van der Waals surface area (Å²) in [5.74, 6) is -0.360. The first kappa shape index (κ1) is 19.2. The summed E-state index contributed by atoms with van der Waals surface area (Å²) >= 11 is 1.61. The Morgan fingerprint density at radius 3 is 2.85 bits per heavy atom. The molecule has 0 radical (unpaired) electrons. The van der Waals surface area contributed by atoms with Crippen LogP contribution in [0.4, 0.5) is 0 Å². The Hall–Kier alpha value is -2.53. The molecule has 3 rings (SSSR count). The second kappa shape index (κ2) is 8.44. The predicted molar refractivity (Wildman–Crippen MR) is 97.4 cm³/mol. The van der Waals surface area contributed by atoms with E-state index in [0.29, 0.717) is 6.54 Å². The number of thiophene rings is 1. The van der Waals surface area contributed by atoms with Crippen molar-refractivity contribution in [3.8, 4) is 0 Å². The predicted octanol–water partition coefficient (Wildman–Crippen LogP) is -0.868. The molecule has 1 aliphatic heterocycles. The molecule has 2 aromatic heterocycles. The second-order valence-electron chi connectivity index (χ2n) is 5.97. The highest BCUT2D eigenvalue weighted by Crippen LogP contribution is 2.28. The van der Waals surface area contributed by atoms with Crippen LogP contribution in [0.5, 0.6) is 0 Å². The molecular weight excluding hydrogens is 374 g/mol. The van der Waals surface area contributed by atoms with E-state index in [2.05, 4.69) is 5.32 Å². The van der Waals surface area contributed by atoms with Crippen LogP contribution in [0.1, 0.15) is 11.1 Å². The average Bonchev–Trinajstić information content (AvgIpc) is 3.24. The van der Waals surface area contributed by atoms with Gasteiger partial charge in [0.2, 0.25) is 5.91 Å². The molecule has 9 nitrogen and oxygen atoms in total. The first-order chi connectivity index (χ1) is 13.0. The van der Waals surface area contributed by atoms with Crippen LogP contribution in [0.2, 0.25) is 0 Å². The van der Waals surface area contributed by atoms with Crippen LogP contribution in [0.25, 0.3) is 0 Å². The van der Waals surface area contributed by atoms with Gasteiger partial charge in [-0.15, -0.1) is 11.3 Å². The fourth-order valence-electron chi connectivity index (χ4n) is 2.71. The summed E-state index contributed by atoms with van der Waals surface area (Å²) in [5, 5.41) is 24.9. The summed E-state index contributed by atoms with van der Waals surface area (Å²) in [7, 11) is 0. The van der Waals surface area contributed by atoms with Crippen molar-refractivity contribution in [1.82, 2.24) is 14.9 Å². The van der Waals surface area contributed by atoms with Gasteiger partial charge in [-0.1, -0.05) is 6.07 Å². The molecule has 1 fully saturated rings. The Kier molecular flexibility index (Phi) is 6.01. The van der Waals surface area contributed by atoms with E-state index in [-0.39, 0.29) is 5.91 Å². The lowest BCUT2D eigenvalue weighted by atomic mass is 10.1. The summed E-state index contributed by atoms with van der Waals surface area (Å²) in [5.41, 5.74) is -1.35. The SMILES string of the molecule is O=C(/C=C/[C@H]1O[C@@H](n2ccc(=O)[nH]c2=O)[C@H](O)[C@@H]1O)NCCc1cccs1. The first-order valence-corrected chi connectivity index (χ1v) is 9.15. The van der Waals surface area contributed by atoms with Gasteiger partial charge in [0.25, 0.3) is 5.56 Å². The van der Waals surface area contributed by atoms with Gasteiger partial charge in [0.15, 0.2) is 6.23 Å². The van der Waals surface area contributed by atoms with Gasteiger partial charge in [-0.25, -0.2) is 4.79 Å². The van der Waals surface area contributed by atoms with Gasteiger partial charge in [0.05, 0.1) is 0 Å². The smallest absolute Gasteiger partial charge is 0.330 e. The van der Waals surface area contributed by atoms with Gasteiger partial charge in [-0.05, 0) is 23.9 Å². The van der Waals surface area contributed by atoms with Crippen molar-refractivity contribution in [3.63, 3.8) is 0 Å². The Morgan fingerprint density at radius 1 is 1.33 bits per heavy atom. The summed E-state index contributed by atoms with van der Waals surface area (Å²) < 4.78 is 6.46. The maximum atomic E-state index is 11.9. The van der Waals surface area contributed by atoms with Crippen LogP contribution in [-0.2, 0) is 16.0 Å². The normalized spacial score (nSPS) is 25.1. The van der Waals surface area contributed by atoms with Crippen molar-refractivity contribution in [2.75, 3.05) is 6.54 Å². The zero-order chi connectivity index (χ0) is 19.4. The van der Waals surface area contributed by atoms with Crippen LogP contribution in [-0.4, -0.2) is 50.5 Å². The Bertz CT molecular complexity index is 919. The van der Waals surface area contributed by atoms with Crippen molar-refractivity contribution in [2.45, 2.75) is 31.0 Å². The number of nitrogens with one attached hydrogen (secondary N) is 2. The zero-order valence-corrected chi connectivity index (χ0v) is 15.0. The summed E-state index contributed by atoms with van der Waals surface area (Å²) in [4.78, 5) is 38.0. The molecule has 3 heterocycles. The number of aromatic amines is 1. The van der Waals surface area contributed by atoms with Gasteiger partial charge in [-0.2, -0.15) is 0 Å². The lowest BCUT2D eigenvalue weighted by Gasteiger charge is -2.16. The molecule has 0 aliphatic carbocycles. The number of carbonyl (C=O) groups excluding carboxylic acids is 1. The van der Waals surface area contributed by atoms with Crippen molar-refractivity contribution in [3.05, 3.63) is 67.6 Å².